The highest BCUT2D eigenvalue weighted by atomic mass is 16.1. The molecule has 0 amide bonds. The molecule has 1 aromatic rings. The van der Waals surface area contributed by atoms with Crippen molar-refractivity contribution in [1.29, 1.82) is 0 Å². The zero-order valence-electron chi connectivity index (χ0n) is 8.91. The van der Waals surface area contributed by atoms with E-state index in [9.17, 15) is 4.79 Å². The molecule has 1 fully saturated rings. The molecule has 3 rings (SSSR count). The number of Topliss-reactive ketones (excluding diaryl/α,β-unsaturated/α-hetero) is 1. The minimum absolute atomic E-state index is 0.378. The number of carbonyl (C=O) groups is 1. The Hall–Kier alpha value is -1.11. The zero-order valence-corrected chi connectivity index (χ0v) is 8.91. The van der Waals surface area contributed by atoms with E-state index in [4.69, 9.17) is 0 Å². The Morgan fingerprint density at radius 3 is 2.80 bits per heavy atom. The van der Waals surface area contributed by atoms with Crippen molar-refractivity contribution >= 4 is 5.78 Å². The zero-order chi connectivity index (χ0) is 10.3. The number of carbonyl (C=O) groups excluding carboxylic acids is 1. The predicted octanol–water partition coefficient (Wildman–Crippen LogP) is 3.09. The lowest BCUT2D eigenvalue weighted by molar-refractivity contribution is -0.120. The molecule has 0 bridgehead atoms. The van der Waals surface area contributed by atoms with Crippen LogP contribution in [0.2, 0.25) is 0 Å². The summed E-state index contributed by atoms with van der Waals surface area (Å²) in [5.74, 6) is 1.57. The van der Waals surface area contributed by atoms with Crippen molar-refractivity contribution in [3.63, 3.8) is 0 Å². The van der Waals surface area contributed by atoms with Crippen LogP contribution < -0.4 is 0 Å². The first-order chi connectivity index (χ1) is 7.34. The van der Waals surface area contributed by atoms with Gasteiger partial charge < -0.3 is 0 Å². The molecule has 1 saturated carbocycles. The molecule has 1 nitrogen and oxygen atoms in total. The maximum Gasteiger partial charge on any atom is 0.135 e. The Balaban J connectivity index is 1.70. The van der Waals surface area contributed by atoms with Gasteiger partial charge in [-0.15, -0.1) is 0 Å². The summed E-state index contributed by atoms with van der Waals surface area (Å²) in [5.41, 5.74) is 2.99. The largest absolute Gasteiger partial charge is 0.299 e. The van der Waals surface area contributed by atoms with Crippen LogP contribution in [0.1, 0.15) is 42.7 Å². The van der Waals surface area contributed by atoms with E-state index in [0.717, 1.165) is 25.7 Å². The number of rotatable bonds is 2. The topological polar surface area (TPSA) is 17.1 Å². The van der Waals surface area contributed by atoms with Gasteiger partial charge in [-0.05, 0) is 42.7 Å². The molecule has 2 aliphatic carbocycles. The lowest BCUT2D eigenvalue weighted by Gasteiger charge is -2.31. The highest BCUT2D eigenvalue weighted by molar-refractivity contribution is 5.82. The van der Waals surface area contributed by atoms with Gasteiger partial charge in [-0.1, -0.05) is 24.3 Å². The van der Waals surface area contributed by atoms with Gasteiger partial charge in [0.15, 0.2) is 0 Å². The van der Waals surface area contributed by atoms with Gasteiger partial charge >= 0.3 is 0 Å². The molecule has 2 aliphatic rings. The van der Waals surface area contributed by atoms with Gasteiger partial charge in [-0.25, -0.2) is 0 Å². The summed E-state index contributed by atoms with van der Waals surface area (Å²) in [5, 5.41) is 0. The second-order valence-corrected chi connectivity index (χ2v) is 4.89. The van der Waals surface area contributed by atoms with Crippen molar-refractivity contribution in [3.8, 4) is 0 Å². The molecule has 0 heterocycles. The number of hydrogen-bond acceptors (Lipinski definition) is 1. The van der Waals surface area contributed by atoms with E-state index in [1.165, 1.54) is 17.5 Å². The Kier molecular flexibility index (Phi) is 2.12. The molecule has 0 aliphatic heterocycles. The predicted molar refractivity (Wildman–Crippen MR) is 59.9 cm³/mol. The van der Waals surface area contributed by atoms with Gasteiger partial charge in [0.1, 0.15) is 5.78 Å². The molecular formula is C14H16O. The minimum Gasteiger partial charge on any atom is -0.299 e. The van der Waals surface area contributed by atoms with Crippen LogP contribution in [-0.2, 0) is 11.2 Å². The van der Waals surface area contributed by atoms with Crippen molar-refractivity contribution in [3.05, 3.63) is 35.4 Å². The number of fused-ring (bicyclic) bond motifs is 1. The van der Waals surface area contributed by atoms with E-state index in [1.54, 1.807) is 0 Å². The smallest absolute Gasteiger partial charge is 0.135 e. The Labute approximate surface area is 90.5 Å². The van der Waals surface area contributed by atoms with Crippen molar-refractivity contribution < 1.29 is 4.79 Å². The van der Waals surface area contributed by atoms with Crippen molar-refractivity contribution in [1.82, 2.24) is 0 Å². The molecule has 0 radical (unpaired) electrons. The number of ketones is 1. The summed E-state index contributed by atoms with van der Waals surface area (Å²) in [6, 6.07) is 8.66. The third-order valence-corrected chi connectivity index (χ3v) is 3.96. The van der Waals surface area contributed by atoms with E-state index in [1.807, 2.05) is 0 Å². The third-order valence-electron chi connectivity index (χ3n) is 3.96. The van der Waals surface area contributed by atoms with E-state index in [0.29, 0.717) is 17.6 Å². The first-order valence-electron chi connectivity index (χ1n) is 5.95. The fourth-order valence-electron chi connectivity index (χ4n) is 3.05. The van der Waals surface area contributed by atoms with Crippen LogP contribution >= 0.6 is 0 Å². The maximum atomic E-state index is 11.6. The summed E-state index contributed by atoms with van der Waals surface area (Å²) in [6.45, 7) is 0. The standard InChI is InChI=1S/C14H16O/c15-14-7-3-5-11(14)9-12-8-10-4-1-2-6-13(10)12/h1-2,4,6,11-12H,3,5,7-9H2. The fourth-order valence-corrected chi connectivity index (χ4v) is 3.05. The fraction of sp³-hybridized carbons (Fsp3) is 0.500. The van der Waals surface area contributed by atoms with Crippen LogP contribution in [0.3, 0.4) is 0 Å². The van der Waals surface area contributed by atoms with Crippen molar-refractivity contribution in [2.45, 2.75) is 38.0 Å². The quantitative estimate of drug-likeness (QED) is 0.717. The lowest BCUT2D eigenvalue weighted by Crippen LogP contribution is -2.21. The summed E-state index contributed by atoms with van der Waals surface area (Å²) in [4.78, 5) is 11.6. The molecule has 2 unspecified atom stereocenters. The molecule has 1 heteroatoms. The van der Waals surface area contributed by atoms with Gasteiger partial charge in [0.25, 0.3) is 0 Å². The minimum atomic E-state index is 0.378. The van der Waals surface area contributed by atoms with E-state index >= 15 is 0 Å². The number of benzene rings is 1. The van der Waals surface area contributed by atoms with Crippen LogP contribution in [0.15, 0.2) is 24.3 Å². The van der Waals surface area contributed by atoms with Crippen LogP contribution in [0.5, 0.6) is 0 Å². The van der Waals surface area contributed by atoms with Gasteiger partial charge in [-0.3, -0.25) is 4.79 Å². The van der Waals surface area contributed by atoms with Crippen LogP contribution in [0.25, 0.3) is 0 Å². The van der Waals surface area contributed by atoms with Gasteiger partial charge in [0.05, 0.1) is 0 Å². The Morgan fingerprint density at radius 2 is 2.07 bits per heavy atom. The number of hydrogen-bond donors (Lipinski definition) is 0. The first kappa shape index (κ1) is 9.14. The highest BCUT2D eigenvalue weighted by Gasteiger charge is 2.32. The lowest BCUT2D eigenvalue weighted by atomic mass is 9.73. The summed E-state index contributed by atoms with van der Waals surface area (Å²) >= 11 is 0. The molecule has 0 spiro atoms. The van der Waals surface area contributed by atoms with Crippen LogP contribution in [-0.4, -0.2) is 5.78 Å². The molecular weight excluding hydrogens is 184 g/mol. The molecule has 0 N–H and O–H groups in total. The Morgan fingerprint density at radius 1 is 1.20 bits per heavy atom. The van der Waals surface area contributed by atoms with Gasteiger partial charge in [0, 0.05) is 12.3 Å². The van der Waals surface area contributed by atoms with Crippen LogP contribution in [0, 0.1) is 5.92 Å². The average molecular weight is 200 g/mol. The molecule has 0 aromatic heterocycles. The normalized spacial score (nSPS) is 28.7. The molecule has 0 saturated heterocycles. The van der Waals surface area contributed by atoms with E-state index < -0.39 is 0 Å². The summed E-state index contributed by atoms with van der Waals surface area (Å²) in [6.07, 6.45) is 5.39. The monoisotopic (exact) mass is 200 g/mol. The summed E-state index contributed by atoms with van der Waals surface area (Å²) in [7, 11) is 0. The molecule has 2 atom stereocenters. The molecule has 1 aromatic carbocycles. The van der Waals surface area contributed by atoms with Gasteiger partial charge in [0.2, 0.25) is 0 Å². The second-order valence-electron chi connectivity index (χ2n) is 4.89. The van der Waals surface area contributed by atoms with Crippen molar-refractivity contribution in [2.24, 2.45) is 5.92 Å². The first-order valence-corrected chi connectivity index (χ1v) is 5.95. The van der Waals surface area contributed by atoms with Crippen LogP contribution in [0.4, 0.5) is 0 Å². The summed E-state index contributed by atoms with van der Waals surface area (Å²) < 4.78 is 0. The average Bonchev–Trinajstić information content (AvgIpc) is 2.61. The Bertz CT molecular complexity index is 394. The second kappa shape index (κ2) is 3.48. The van der Waals surface area contributed by atoms with Crippen molar-refractivity contribution in [2.75, 3.05) is 0 Å². The van der Waals surface area contributed by atoms with Gasteiger partial charge in [-0.2, -0.15) is 0 Å². The molecule has 15 heavy (non-hydrogen) atoms. The SMILES string of the molecule is O=C1CCCC1CC1Cc2ccccc21. The van der Waals surface area contributed by atoms with E-state index in [-0.39, 0.29) is 0 Å². The van der Waals surface area contributed by atoms with E-state index in [2.05, 4.69) is 24.3 Å². The highest BCUT2D eigenvalue weighted by Crippen LogP contribution is 2.41. The maximum absolute atomic E-state index is 11.6. The molecule has 78 valence electrons. The third kappa shape index (κ3) is 1.50.